The van der Waals surface area contributed by atoms with Gasteiger partial charge in [0.05, 0.1) is 11.1 Å². The van der Waals surface area contributed by atoms with Gasteiger partial charge in [-0.1, -0.05) is 12.1 Å². The Labute approximate surface area is 113 Å². The second kappa shape index (κ2) is 4.18. The Bertz CT molecular complexity index is 684. The number of aliphatic hydroxyl groups excluding tert-OH is 1. The second-order valence-electron chi connectivity index (χ2n) is 4.62. The number of carboxylic acid groups (broad SMARTS) is 2. The number of benzene rings is 2. The predicted octanol–water partition coefficient (Wildman–Crippen LogP) is 2.15. The van der Waals surface area contributed by atoms with Crippen LogP contribution in [0.15, 0.2) is 36.4 Å². The number of carbonyl (C=O) groups is 2. The number of hydrogen-bond donors (Lipinski definition) is 3. The molecule has 0 saturated carbocycles. The zero-order chi connectivity index (χ0) is 14.4. The van der Waals surface area contributed by atoms with E-state index in [1.54, 1.807) is 12.1 Å². The van der Waals surface area contributed by atoms with Crippen LogP contribution in [0.25, 0.3) is 11.1 Å². The van der Waals surface area contributed by atoms with Gasteiger partial charge in [0.1, 0.15) is 6.10 Å². The summed E-state index contributed by atoms with van der Waals surface area (Å²) in [4.78, 5) is 21.9. The lowest BCUT2D eigenvalue weighted by molar-refractivity contribution is 0.0686. The minimum absolute atomic E-state index is 0.0917. The summed E-state index contributed by atoms with van der Waals surface area (Å²) in [6, 6.07) is 9.04. The Morgan fingerprint density at radius 1 is 0.800 bits per heavy atom. The van der Waals surface area contributed by atoms with Gasteiger partial charge in [-0.15, -0.1) is 0 Å². The molecule has 0 bridgehead atoms. The van der Waals surface area contributed by atoms with Crippen LogP contribution < -0.4 is 0 Å². The summed E-state index contributed by atoms with van der Waals surface area (Å²) >= 11 is 0. The summed E-state index contributed by atoms with van der Waals surface area (Å²) in [5.74, 6) is -2.13. The van der Waals surface area contributed by atoms with Gasteiger partial charge in [0.15, 0.2) is 0 Å². The van der Waals surface area contributed by atoms with Crippen LogP contribution in [-0.2, 0) is 0 Å². The molecule has 3 N–H and O–H groups in total. The molecule has 0 heterocycles. The van der Waals surface area contributed by atoms with Crippen LogP contribution in [0.2, 0.25) is 0 Å². The zero-order valence-electron chi connectivity index (χ0n) is 10.2. The van der Waals surface area contributed by atoms with E-state index in [1.807, 2.05) is 0 Å². The second-order valence-corrected chi connectivity index (χ2v) is 4.62. The zero-order valence-corrected chi connectivity index (χ0v) is 10.2. The monoisotopic (exact) mass is 270 g/mol. The van der Waals surface area contributed by atoms with Gasteiger partial charge in [-0.2, -0.15) is 0 Å². The first-order valence-electron chi connectivity index (χ1n) is 5.92. The lowest BCUT2D eigenvalue weighted by Crippen LogP contribution is -2.01. The van der Waals surface area contributed by atoms with Gasteiger partial charge in [0.2, 0.25) is 0 Å². The lowest BCUT2D eigenvalue weighted by Gasteiger charge is -2.06. The Morgan fingerprint density at radius 2 is 1.20 bits per heavy atom. The molecule has 0 unspecified atom stereocenters. The number of aromatic carboxylic acids is 2. The molecular weight excluding hydrogens is 260 g/mol. The van der Waals surface area contributed by atoms with E-state index in [4.69, 9.17) is 10.2 Å². The van der Waals surface area contributed by atoms with E-state index in [-0.39, 0.29) is 11.1 Å². The molecule has 1 aliphatic rings. The molecule has 0 saturated heterocycles. The van der Waals surface area contributed by atoms with Gasteiger partial charge in [-0.3, -0.25) is 0 Å². The van der Waals surface area contributed by atoms with E-state index < -0.39 is 18.0 Å². The SMILES string of the molecule is O=C(O)c1ccc2c(c1)C(O)c1cc(C(=O)O)ccc1-2. The summed E-state index contributed by atoms with van der Waals surface area (Å²) in [7, 11) is 0. The summed E-state index contributed by atoms with van der Waals surface area (Å²) < 4.78 is 0. The van der Waals surface area contributed by atoms with Crippen molar-refractivity contribution in [1.29, 1.82) is 0 Å². The normalized spacial score (nSPS) is 12.8. The van der Waals surface area contributed by atoms with Crippen molar-refractivity contribution in [3.8, 4) is 11.1 Å². The quantitative estimate of drug-likeness (QED) is 0.777. The van der Waals surface area contributed by atoms with E-state index in [9.17, 15) is 14.7 Å². The summed E-state index contributed by atoms with van der Waals surface area (Å²) in [5, 5.41) is 28.2. The van der Waals surface area contributed by atoms with Gasteiger partial charge in [-0.25, -0.2) is 9.59 Å². The van der Waals surface area contributed by atoms with Crippen LogP contribution in [0.3, 0.4) is 0 Å². The molecule has 0 amide bonds. The van der Waals surface area contributed by atoms with Crippen LogP contribution in [-0.4, -0.2) is 27.3 Å². The molecule has 3 rings (SSSR count). The maximum atomic E-state index is 11.0. The fraction of sp³-hybridized carbons (Fsp3) is 0.0667. The third-order valence-corrected chi connectivity index (χ3v) is 3.48. The molecular formula is C15H10O5. The highest BCUT2D eigenvalue weighted by Crippen LogP contribution is 2.44. The van der Waals surface area contributed by atoms with Crippen LogP contribution in [0, 0.1) is 0 Å². The third kappa shape index (κ3) is 1.68. The number of aliphatic hydroxyl groups is 1. The van der Waals surface area contributed by atoms with E-state index in [0.717, 1.165) is 11.1 Å². The van der Waals surface area contributed by atoms with Crippen molar-refractivity contribution in [2.45, 2.75) is 6.10 Å². The van der Waals surface area contributed by atoms with Gasteiger partial charge in [-0.05, 0) is 46.5 Å². The van der Waals surface area contributed by atoms with Crippen molar-refractivity contribution in [2.24, 2.45) is 0 Å². The molecule has 0 fully saturated rings. The first-order valence-corrected chi connectivity index (χ1v) is 5.92. The van der Waals surface area contributed by atoms with Gasteiger partial charge in [0.25, 0.3) is 0 Å². The highest BCUT2D eigenvalue weighted by atomic mass is 16.4. The van der Waals surface area contributed by atoms with Crippen LogP contribution >= 0.6 is 0 Å². The minimum Gasteiger partial charge on any atom is -0.478 e. The van der Waals surface area contributed by atoms with Crippen LogP contribution in [0.1, 0.15) is 37.9 Å². The number of rotatable bonds is 2. The van der Waals surface area contributed by atoms with Crippen molar-refractivity contribution in [3.05, 3.63) is 58.7 Å². The first kappa shape index (κ1) is 12.4. The number of hydrogen-bond acceptors (Lipinski definition) is 3. The highest BCUT2D eigenvalue weighted by Gasteiger charge is 2.28. The molecule has 100 valence electrons. The largest absolute Gasteiger partial charge is 0.478 e. The van der Waals surface area contributed by atoms with Crippen LogP contribution in [0.4, 0.5) is 0 Å². The fourth-order valence-corrected chi connectivity index (χ4v) is 2.50. The molecule has 0 radical (unpaired) electrons. The van der Waals surface area contributed by atoms with Crippen molar-refractivity contribution in [3.63, 3.8) is 0 Å². The smallest absolute Gasteiger partial charge is 0.335 e. The van der Waals surface area contributed by atoms with Gasteiger partial charge < -0.3 is 15.3 Å². The average molecular weight is 270 g/mol. The van der Waals surface area contributed by atoms with Crippen molar-refractivity contribution >= 4 is 11.9 Å². The highest BCUT2D eigenvalue weighted by molar-refractivity contribution is 5.92. The van der Waals surface area contributed by atoms with E-state index in [0.29, 0.717) is 11.1 Å². The molecule has 0 spiro atoms. The third-order valence-electron chi connectivity index (χ3n) is 3.48. The van der Waals surface area contributed by atoms with Crippen molar-refractivity contribution < 1.29 is 24.9 Å². The first-order chi connectivity index (χ1) is 9.49. The fourth-order valence-electron chi connectivity index (χ4n) is 2.50. The Morgan fingerprint density at radius 3 is 1.55 bits per heavy atom. The maximum Gasteiger partial charge on any atom is 0.335 e. The predicted molar refractivity (Wildman–Crippen MR) is 69.9 cm³/mol. The van der Waals surface area contributed by atoms with Gasteiger partial charge >= 0.3 is 11.9 Å². The Balaban J connectivity index is 2.18. The Kier molecular flexibility index (Phi) is 2.59. The molecule has 5 heteroatoms. The average Bonchev–Trinajstić information content (AvgIpc) is 2.71. The molecule has 5 nitrogen and oxygen atoms in total. The molecule has 20 heavy (non-hydrogen) atoms. The van der Waals surface area contributed by atoms with Crippen molar-refractivity contribution in [2.75, 3.05) is 0 Å². The number of fused-ring (bicyclic) bond motifs is 3. The number of carboxylic acids is 2. The summed E-state index contributed by atoms with van der Waals surface area (Å²) in [6.45, 7) is 0. The molecule has 2 aromatic rings. The minimum atomic E-state index is -1.07. The van der Waals surface area contributed by atoms with Gasteiger partial charge in [0, 0.05) is 0 Å². The van der Waals surface area contributed by atoms with E-state index in [2.05, 4.69) is 0 Å². The summed E-state index contributed by atoms with van der Waals surface area (Å²) in [5.41, 5.74) is 2.62. The standard InChI is InChI=1S/C15H10O5/c16-13-11-5-7(14(17)18)1-3-9(11)10-4-2-8(15(19)20)6-12(10)13/h1-6,13,16H,(H,17,18)(H,19,20). The topological polar surface area (TPSA) is 94.8 Å². The molecule has 1 aliphatic carbocycles. The molecule has 0 atom stereocenters. The van der Waals surface area contributed by atoms with E-state index in [1.165, 1.54) is 24.3 Å². The van der Waals surface area contributed by atoms with Crippen LogP contribution in [0.5, 0.6) is 0 Å². The maximum absolute atomic E-state index is 11.0. The lowest BCUT2D eigenvalue weighted by atomic mass is 10.0. The van der Waals surface area contributed by atoms with E-state index >= 15 is 0 Å². The van der Waals surface area contributed by atoms with Crippen molar-refractivity contribution in [1.82, 2.24) is 0 Å². The summed E-state index contributed by atoms with van der Waals surface area (Å²) in [6.07, 6.45) is -1.00. The molecule has 0 aliphatic heterocycles. The molecule has 2 aromatic carbocycles. The molecule has 0 aromatic heterocycles. The Hall–Kier alpha value is -2.66.